The van der Waals surface area contributed by atoms with Gasteiger partial charge < -0.3 is 4.74 Å². The van der Waals surface area contributed by atoms with E-state index in [0.29, 0.717) is 5.56 Å². The van der Waals surface area contributed by atoms with Crippen LogP contribution in [0.5, 0.6) is 0 Å². The molecule has 0 spiro atoms. The van der Waals surface area contributed by atoms with Crippen LogP contribution in [0.3, 0.4) is 0 Å². The average molecular weight is 325 g/mol. The molecule has 9 heteroatoms. The molecular weight excluding hydrogens is 316 g/mol. The number of allylic oxidation sites excluding steroid dienone is 1. The van der Waals surface area contributed by atoms with Crippen LogP contribution >= 0.6 is 0 Å². The average Bonchev–Trinajstić information content (AvgIpc) is 2.44. The number of alkyl halides is 6. The van der Waals surface area contributed by atoms with Crippen LogP contribution in [0.1, 0.15) is 5.56 Å². The second-order valence-corrected chi connectivity index (χ2v) is 4.46. The van der Waals surface area contributed by atoms with Gasteiger partial charge in [0.15, 0.2) is 0 Å². The molecule has 0 N–H and O–H groups in total. The Morgan fingerprint density at radius 3 is 2.23 bits per heavy atom. The number of benzene rings is 1. The quantitative estimate of drug-likeness (QED) is 0.607. The third kappa shape index (κ3) is 2.51. The Morgan fingerprint density at radius 2 is 1.64 bits per heavy atom. The van der Waals surface area contributed by atoms with Crippen molar-refractivity contribution in [3.05, 3.63) is 48.2 Å². The molecule has 0 fully saturated rings. The molecular formula is C13H9F6NO2. The molecule has 0 saturated carbocycles. The molecule has 0 saturated heterocycles. The Labute approximate surface area is 120 Å². The molecule has 1 aromatic rings. The lowest BCUT2D eigenvalue weighted by molar-refractivity contribution is -0.335. The van der Waals surface area contributed by atoms with Crippen molar-refractivity contribution < 1.29 is 35.9 Å². The third-order valence-electron chi connectivity index (χ3n) is 2.93. The number of amides is 1. The molecule has 1 aliphatic heterocycles. The minimum Gasteiger partial charge on any atom is -0.444 e. The van der Waals surface area contributed by atoms with Crippen molar-refractivity contribution in [2.45, 2.75) is 24.5 Å². The molecule has 3 nitrogen and oxygen atoms in total. The summed E-state index contributed by atoms with van der Waals surface area (Å²) in [5.41, 5.74) is 0.414. The monoisotopic (exact) mass is 325 g/mol. The van der Waals surface area contributed by atoms with Crippen LogP contribution in [-0.4, -0.2) is 28.9 Å². The van der Waals surface area contributed by atoms with E-state index >= 15 is 0 Å². The zero-order valence-corrected chi connectivity index (χ0v) is 10.8. The molecule has 0 unspecified atom stereocenters. The van der Waals surface area contributed by atoms with Crippen LogP contribution < -0.4 is 0 Å². The van der Waals surface area contributed by atoms with Gasteiger partial charge in [-0.2, -0.15) is 26.3 Å². The Balaban J connectivity index is 2.16. The molecule has 1 amide bonds. The molecule has 1 aliphatic rings. The topological polar surface area (TPSA) is 29.5 Å². The lowest BCUT2D eigenvalue weighted by Gasteiger charge is -2.39. The fourth-order valence-electron chi connectivity index (χ4n) is 1.68. The summed E-state index contributed by atoms with van der Waals surface area (Å²) in [5, 5.41) is 0. The van der Waals surface area contributed by atoms with E-state index in [1.165, 1.54) is 12.1 Å². The molecule has 120 valence electrons. The molecule has 2 rings (SSSR count). The van der Waals surface area contributed by atoms with Gasteiger partial charge in [-0.05, 0) is 5.56 Å². The van der Waals surface area contributed by atoms with Crippen LogP contribution in [0.25, 0.3) is 0 Å². The zero-order chi connectivity index (χ0) is 16.6. The van der Waals surface area contributed by atoms with Crippen molar-refractivity contribution in [2.75, 3.05) is 0 Å². The summed E-state index contributed by atoms with van der Waals surface area (Å²) in [6, 6.07) is 2.38. The molecule has 1 heterocycles. The van der Waals surface area contributed by atoms with Crippen molar-refractivity contribution in [1.29, 1.82) is 0 Å². The maximum Gasteiger partial charge on any atom is 0.419 e. The first kappa shape index (κ1) is 16.2. The van der Waals surface area contributed by atoms with Crippen molar-refractivity contribution in [3.63, 3.8) is 0 Å². The summed E-state index contributed by atoms with van der Waals surface area (Å²) in [4.78, 5) is 10.6. The first-order valence-electron chi connectivity index (χ1n) is 5.92. The van der Waals surface area contributed by atoms with Gasteiger partial charge in [0, 0.05) is 12.3 Å². The predicted molar refractivity (Wildman–Crippen MR) is 62.4 cm³/mol. The lowest BCUT2D eigenvalue weighted by Crippen LogP contribution is -2.64. The van der Waals surface area contributed by atoms with E-state index in [4.69, 9.17) is 0 Å². The van der Waals surface area contributed by atoms with Gasteiger partial charge in [0.25, 0.3) is 0 Å². The maximum atomic E-state index is 13.5. The first-order chi connectivity index (χ1) is 10.1. The Morgan fingerprint density at radius 1 is 1.05 bits per heavy atom. The molecule has 0 radical (unpaired) electrons. The van der Waals surface area contributed by atoms with Crippen LogP contribution in [0.15, 0.2) is 42.6 Å². The standard InChI is InChI=1S/C13H9F6NO2/c14-11(15)6-7-20(13(18,19)12(11,16)17)10(21)22-8-9-4-2-1-3-5-9/h1-7H,8H2. The second kappa shape index (κ2) is 5.22. The molecule has 0 bridgehead atoms. The van der Waals surface area contributed by atoms with Crippen LogP contribution in [0, 0.1) is 0 Å². The number of carbonyl (C=O) groups is 1. The van der Waals surface area contributed by atoms with Gasteiger partial charge in [-0.15, -0.1) is 0 Å². The van der Waals surface area contributed by atoms with Crippen molar-refractivity contribution in [3.8, 4) is 0 Å². The first-order valence-corrected chi connectivity index (χ1v) is 5.92. The highest BCUT2D eigenvalue weighted by Gasteiger charge is 2.76. The van der Waals surface area contributed by atoms with E-state index in [-0.39, 0.29) is 6.20 Å². The van der Waals surface area contributed by atoms with E-state index in [0.717, 1.165) is 0 Å². The summed E-state index contributed by atoms with van der Waals surface area (Å²) < 4.78 is 83.4. The fourth-order valence-corrected chi connectivity index (χ4v) is 1.68. The van der Waals surface area contributed by atoms with Crippen LogP contribution in [0.4, 0.5) is 31.1 Å². The smallest absolute Gasteiger partial charge is 0.419 e. The molecule has 0 atom stereocenters. The SMILES string of the molecule is O=C(OCc1ccccc1)N1C=CC(F)(F)C(F)(F)C1(F)F. The van der Waals surface area contributed by atoms with Gasteiger partial charge in [0.1, 0.15) is 6.61 Å². The Hall–Kier alpha value is -2.19. The minimum atomic E-state index is -5.75. The van der Waals surface area contributed by atoms with Gasteiger partial charge in [0.05, 0.1) is 0 Å². The molecule has 1 aromatic carbocycles. The van der Waals surface area contributed by atoms with Crippen LogP contribution in [-0.2, 0) is 11.3 Å². The number of halogens is 6. The van der Waals surface area contributed by atoms with Crippen molar-refractivity contribution in [1.82, 2.24) is 4.90 Å². The normalized spacial score (nSPS) is 21.5. The Kier molecular flexibility index (Phi) is 3.84. The third-order valence-corrected chi connectivity index (χ3v) is 2.93. The molecule has 0 aliphatic carbocycles. The van der Waals surface area contributed by atoms with E-state index in [9.17, 15) is 31.1 Å². The number of ether oxygens (including phenoxy) is 1. The summed E-state index contributed by atoms with van der Waals surface area (Å²) in [6.07, 6.45) is -2.43. The van der Waals surface area contributed by atoms with Crippen LogP contribution in [0.2, 0.25) is 0 Å². The van der Waals surface area contributed by atoms with Gasteiger partial charge in [0.2, 0.25) is 0 Å². The predicted octanol–water partition coefficient (Wildman–Crippen LogP) is 4.02. The maximum absolute atomic E-state index is 13.5. The molecule has 22 heavy (non-hydrogen) atoms. The van der Waals surface area contributed by atoms with E-state index in [2.05, 4.69) is 4.74 Å². The largest absolute Gasteiger partial charge is 0.444 e. The summed E-state index contributed by atoms with van der Waals surface area (Å²) in [6.45, 7) is -0.470. The highest BCUT2D eigenvalue weighted by atomic mass is 19.3. The summed E-state index contributed by atoms with van der Waals surface area (Å²) in [5.74, 6) is -10.8. The van der Waals surface area contributed by atoms with Gasteiger partial charge in [-0.3, -0.25) is 0 Å². The number of nitrogens with zero attached hydrogens (tertiary/aromatic N) is 1. The number of hydrogen-bond donors (Lipinski definition) is 0. The van der Waals surface area contributed by atoms with Gasteiger partial charge in [-0.25, -0.2) is 9.69 Å². The number of hydrogen-bond acceptors (Lipinski definition) is 2. The highest BCUT2D eigenvalue weighted by molar-refractivity contribution is 5.70. The van der Waals surface area contributed by atoms with Gasteiger partial charge >= 0.3 is 24.0 Å². The number of carbonyl (C=O) groups excluding carboxylic acids is 1. The molecule has 0 aromatic heterocycles. The van der Waals surface area contributed by atoms with Gasteiger partial charge in [-0.1, -0.05) is 30.3 Å². The Bertz CT molecular complexity index is 587. The zero-order valence-electron chi connectivity index (χ0n) is 10.8. The highest BCUT2D eigenvalue weighted by Crippen LogP contribution is 2.51. The summed E-state index contributed by atoms with van der Waals surface area (Å²) in [7, 11) is 0. The lowest BCUT2D eigenvalue weighted by atomic mass is 10.1. The fraction of sp³-hybridized carbons (Fsp3) is 0.308. The van der Waals surface area contributed by atoms with E-state index in [1.807, 2.05) is 0 Å². The summed E-state index contributed by atoms with van der Waals surface area (Å²) >= 11 is 0. The number of rotatable bonds is 2. The van der Waals surface area contributed by atoms with E-state index in [1.54, 1.807) is 18.2 Å². The minimum absolute atomic E-state index is 0.106. The van der Waals surface area contributed by atoms with E-state index < -0.39 is 41.6 Å². The van der Waals surface area contributed by atoms with Crippen molar-refractivity contribution in [2.24, 2.45) is 0 Å². The van der Waals surface area contributed by atoms with Crippen molar-refractivity contribution >= 4 is 6.09 Å². The second-order valence-electron chi connectivity index (χ2n) is 4.46.